The van der Waals surface area contributed by atoms with Crippen molar-refractivity contribution in [2.24, 2.45) is 0 Å². The number of hydrogen-bond acceptors (Lipinski definition) is 4. The number of hydrogen-bond donors (Lipinski definition) is 1. The van der Waals surface area contributed by atoms with Gasteiger partial charge in [0.25, 0.3) is 0 Å². The number of aromatic amines is 1. The molecule has 6 nitrogen and oxygen atoms in total. The summed E-state index contributed by atoms with van der Waals surface area (Å²) in [6.45, 7) is 4.17. The number of ether oxygens (including phenoxy) is 1. The number of fused-ring (bicyclic) bond motifs is 1. The van der Waals surface area contributed by atoms with Crippen molar-refractivity contribution in [3.63, 3.8) is 0 Å². The fourth-order valence-corrected chi connectivity index (χ4v) is 2.50. The van der Waals surface area contributed by atoms with Crippen molar-refractivity contribution >= 4 is 22.8 Å². The van der Waals surface area contributed by atoms with E-state index in [4.69, 9.17) is 16.3 Å². The average molecular weight is 305 g/mol. The van der Waals surface area contributed by atoms with E-state index in [1.54, 1.807) is 19.1 Å². The van der Waals surface area contributed by atoms with Gasteiger partial charge < -0.3 is 4.74 Å². The summed E-state index contributed by atoms with van der Waals surface area (Å²) in [5.74, 6) is 1.18. The Morgan fingerprint density at radius 3 is 2.95 bits per heavy atom. The Hall–Kier alpha value is -2.34. The molecule has 7 heteroatoms. The predicted octanol–water partition coefficient (Wildman–Crippen LogP) is 2.47. The summed E-state index contributed by atoms with van der Waals surface area (Å²) in [4.78, 5) is 23.2. The minimum Gasteiger partial charge on any atom is -0.494 e. The molecule has 0 aliphatic heterocycles. The zero-order valence-corrected chi connectivity index (χ0v) is 12.3. The van der Waals surface area contributed by atoms with Crippen LogP contribution in [0.3, 0.4) is 0 Å². The van der Waals surface area contributed by atoms with E-state index in [9.17, 15) is 4.79 Å². The molecule has 2 heterocycles. The summed E-state index contributed by atoms with van der Waals surface area (Å²) in [5.41, 5.74) is 1.20. The lowest BCUT2D eigenvalue weighted by atomic mass is 10.3. The normalized spacial score (nSPS) is 11.0. The number of rotatable bonds is 3. The molecule has 2 aromatic heterocycles. The van der Waals surface area contributed by atoms with Crippen molar-refractivity contribution in [1.82, 2.24) is 19.5 Å². The molecule has 3 aromatic rings. The number of imidazole rings is 1. The quantitative estimate of drug-likeness (QED) is 0.754. The summed E-state index contributed by atoms with van der Waals surface area (Å²) < 4.78 is 6.90. The van der Waals surface area contributed by atoms with E-state index >= 15 is 0 Å². The molecule has 0 atom stereocenters. The van der Waals surface area contributed by atoms with E-state index in [1.807, 2.05) is 19.1 Å². The highest BCUT2D eigenvalue weighted by Gasteiger charge is 2.15. The molecule has 1 aromatic carbocycles. The van der Waals surface area contributed by atoms with Gasteiger partial charge in [-0.25, -0.2) is 14.8 Å². The van der Waals surface area contributed by atoms with Crippen molar-refractivity contribution in [3.05, 3.63) is 45.7 Å². The van der Waals surface area contributed by atoms with Gasteiger partial charge in [-0.2, -0.15) is 0 Å². The summed E-state index contributed by atoms with van der Waals surface area (Å²) >= 11 is 6.17. The van der Waals surface area contributed by atoms with Gasteiger partial charge in [-0.05, 0) is 26.0 Å². The molecule has 0 bridgehead atoms. The first kappa shape index (κ1) is 13.6. The topological polar surface area (TPSA) is 72.8 Å². The van der Waals surface area contributed by atoms with Crippen LogP contribution in [0.2, 0.25) is 5.15 Å². The molecule has 21 heavy (non-hydrogen) atoms. The van der Waals surface area contributed by atoms with Crippen molar-refractivity contribution < 1.29 is 4.74 Å². The zero-order chi connectivity index (χ0) is 15.0. The molecule has 0 saturated carbocycles. The molecule has 0 aliphatic carbocycles. The smallest absolute Gasteiger partial charge is 0.332 e. The summed E-state index contributed by atoms with van der Waals surface area (Å²) in [5, 5.41) is 0.234. The van der Waals surface area contributed by atoms with Crippen molar-refractivity contribution in [1.29, 1.82) is 0 Å². The second-order valence-corrected chi connectivity index (χ2v) is 4.81. The van der Waals surface area contributed by atoms with Crippen LogP contribution < -0.4 is 10.4 Å². The molecular formula is C14H13ClN4O2. The van der Waals surface area contributed by atoms with Crippen LogP contribution in [0.5, 0.6) is 5.75 Å². The number of H-pyrrole nitrogens is 1. The van der Waals surface area contributed by atoms with Gasteiger partial charge in [0.05, 0.1) is 12.3 Å². The fraction of sp³-hybridized carbons (Fsp3) is 0.214. The molecule has 0 saturated heterocycles. The van der Waals surface area contributed by atoms with E-state index in [0.717, 1.165) is 0 Å². The van der Waals surface area contributed by atoms with Gasteiger partial charge in [0.15, 0.2) is 10.8 Å². The maximum Gasteiger partial charge on any atom is 0.332 e. The van der Waals surface area contributed by atoms with Gasteiger partial charge in [0.2, 0.25) is 0 Å². The highest BCUT2D eigenvalue weighted by Crippen LogP contribution is 2.23. The average Bonchev–Trinajstić information content (AvgIpc) is 2.75. The Bertz CT molecular complexity index is 869. The lowest BCUT2D eigenvalue weighted by molar-refractivity contribution is 0.340. The molecule has 1 N–H and O–H groups in total. The Morgan fingerprint density at radius 2 is 2.19 bits per heavy atom. The number of nitrogens with one attached hydrogen (secondary N) is 1. The predicted molar refractivity (Wildman–Crippen MR) is 80.4 cm³/mol. The maximum atomic E-state index is 12.2. The van der Waals surface area contributed by atoms with Crippen LogP contribution in [0.15, 0.2) is 29.1 Å². The van der Waals surface area contributed by atoms with Gasteiger partial charge in [0.1, 0.15) is 17.1 Å². The number of benzene rings is 1. The minimum atomic E-state index is -0.319. The van der Waals surface area contributed by atoms with E-state index in [-0.39, 0.29) is 10.8 Å². The molecule has 0 aliphatic rings. The van der Waals surface area contributed by atoms with Gasteiger partial charge >= 0.3 is 5.69 Å². The highest BCUT2D eigenvalue weighted by atomic mass is 35.5. The molecule has 108 valence electrons. The highest BCUT2D eigenvalue weighted by molar-refractivity contribution is 6.33. The van der Waals surface area contributed by atoms with E-state index in [1.165, 1.54) is 4.57 Å². The van der Waals surface area contributed by atoms with Gasteiger partial charge in [-0.15, -0.1) is 0 Å². The summed E-state index contributed by atoms with van der Waals surface area (Å²) in [6.07, 6.45) is 0. The SMILES string of the molecule is CCOc1cccc(-n2c(=O)[nH]c3nc(C)nc(Cl)c32)c1. The van der Waals surface area contributed by atoms with Crippen LogP contribution in [-0.4, -0.2) is 26.1 Å². The molecule has 0 spiro atoms. The second kappa shape index (κ2) is 5.21. The lowest BCUT2D eigenvalue weighted by Gasteiger charge is -2.07. The van der Waals surface area contributed by atoms with Crippen LogP contribution in [0.25, 0.3) is 16.9 Å². The molecule has 0 fully saturated rings. The van der Waals surface area contributed by atoms with Crippen LogP contribution in [0.1, 0.15) is 12.7 Å². The number of nitrogens with zero attached hydrogens (tertiary/aromatic N) is 3. The van der Waals surface area contributed by atoms with Crippen LogP contribution in [0, 0.1) is 6.92 Å². The number of aryl methyl sites for hydroxylation is 1. The molecule has 3 rings (SSSR count). The van der Waals surface area contributed by atoms with E-state index in [0.29, 0.717) is 35.0 Å². The lowest BCUT2D eigenvalue weighted by Crippen LogP contribution is -2.14. The Labute approximate surface area is 125 Å². The summed E-state index contributed by atoms with van der Waals surface area (Å²) in [6, 6.07) is 7.21. The van der Waals surface area contributed by atoms with Crippen LogP contribution in [0.4, 0.5) is 0 Å². The molecule has 0 amide bonds. The first-order valence-electron chi connectivity index (χ1n) is 6.48. The van der Waals surface area contributed by atoms with Gasteiger partial charge in [-0.1, -0.05) is 17.7 Å². The maximum absolute atomic E-state index is 12.2. The van der Waals surface area contributed by atoms with E-state index < -0.39 is 0 Å². The zero-order valence-electron chi connectivity index (χ0n) is 11.6. The van der Waals surface area contributed by atoms with Crippen molar-refractivity contribution in [2.45, 2.75) is 13.8 Å². The van der Waals surface area contributed by atoms with Crippen LogP contribution in [-0.2, 0) is 0 Å². The third-order valence-electron chi connectivity index (χ3n) is 2.99. The summed E-state index contributed by atoms with van der Waals surface area (Å²) in [7, 11) is 0. The second-order valence-electron chi connectivity index (χ2n) is 4.45. The first-order valence-corrected chi connectivity index (χ1v) is 6.86. The van der Waals surface area contributed by atoms with Crippen molar-refractivity contribution in [3.8, 4) is 11.4 Å². The molecule has 0 radical (unpaired) electrons. The Balaban J connectivity index is 2.27. The van der Waals surface area contributed by atoms with Gasteiger partial charge in [0, 0.05) is 6.07 Å². The standard InChI is InChI=1S/C14H13ClN4O2/c1-3-21-10-6-4-5-9(7-10)19-11-12(15)16-8(2)17-13(11)18-14(19)20/h4-7H,3H2,1-2H3,(H,16,17,18,20). The third kappa shape index (κ3) is 2.38. The first-order chi connectivity index (χ1) is 10.1. The van der Waals surface area contributed by atoms with Crippen LogP contribution >= 0.6 is 11.6 Å². The van der Waals surface area contributed by atoms with Crippen molar-refractivity contribution in [2.75, 3.05) is 6.61 Å². The largest absolute Gasteiger partial charge is 0.494 e. The van der Waals surface area contributed by atoms with Gasteiger partial charge in [-0.3, -0.25) is 9.55 Å². The molecule has 0 unspecified atom stereocenters. The molecular weight excluding hydrogens is 292 g/mol. The third-order valence-corrected chi connectivity index (χ3v) is 3.26. The number of aromatic nitrogens is 4. The fourth-order valence-electron chi connectivity index (χ4n) is 2.20. The Kier molecular flexibility index (Phi) is 3.39. The monoisotopic (exact) mass is 304 g/mol. The number of halogens is 1. The Morgan fingerprint density at radius 1 is 1.38 bits per heavy atom. The minimum absolute atomic E-state index is 0.234. The van der Waals surface area contributed by atoms with E-state index in [2.05, 4.69) is 15.0 Å².